The third-order valence-corrected chi connectivity index (χ3v) is 2.66. The predicted octanol–water partition coefficient (Wildman–Crippen LogP) is 3.76. The fourth-order valence-corrected chi connectivity index (χ4v) is 2.52. The lowest BCUT2D eigenvalue weighted by Gasteiger charge is -2.32. The van der Waals surface area contributed by atoms with Gasteiger partial charge in [0.15, 0.2) is 0 Å². The van der Waals surface area contributed by atoms with Gasteiger partial charge in [-0.1, -0.05) is 41.0 Å². The van der Waals surface area contributed by atoms with Crippen LogP contribution in [0.2, 0.25) is 0 Å². The van der Waals surface area contributed by atoms with Crippen molar-refractivity contribution in [2.75, 3.05) is 6.54 Å². The third kappa shape index (κ3) is 10.0. The second-order valence-electron chi connectivity index (χ2n) is 6.84. The molecule has 1 amide bonds. The molecule has 0 rings (SSSR count). The molecule has 0 spiro atoms. The van der Waals surface area contributed by atoms with Gasteiger partial charge in [0.2, 0.25) is 5.91 Å². The second kappa shape index (κ2) is 6.27. The highest BCUT2D eigenvalue weighted by Gasteiger charge is 2.24. The molecule has 0 unspecified atom stereocenters. The van der Waals surface area contributed by atoms with Crippen LogP contribution < -0.4 is 5.32 Å². The molecule has 2 heteroatoms. The van der Waals surface area contributed by atoms with Gasteiger partial charge in [-0.15, -0.1) is 0 Å². The standard InChI is InChI=1S/C14H29NO/c1-12(16)15-10-8-7-9-14(5,6)11-13(2,3)4/h7-11H2,1-6H3,(H,15,16). The first kappa shape index (κ1) is 15.5. The lowest BCUT2D eigenvalue weighted by atomic mass is 9.74. The van der Waals surface area contributed by atoms with Crippen molar-refractivity contribution in [1.82, 2.24) is 5.32 Å². The van der Waals surface area contributed by atoms with Gasteiger partial charge in [0.25, 0.3) is 0 Å². The molecule has 0 atom stereocenters. The first-order chi connectivity index (χ1) is 7.12. The molecule has 0 radical (unpaired) electrons. The Kier molecular flexibility index (Phi) is 6.06. The van der Waals surface area contributed by atoms with Gasteiger partial charge >= 0.3 is 0 Å². The van der Waals surface area contributed by atoms with Gasteiger partial charge < -0.3 is 5.32 Å². The molecule has 0 heterocycles. The van der Waals surface area contributed by atoms with Crippen molar-refractivity contribution in [2.45, 2.75) is 67.2 Å². The van der Waals surface area contributed by atoms with Crippen molar-refractivity contribution in [2.24, 2.45) is 10.8 Å². The number of nitrogens with one attached hydrogen (secondary N) is 1. The molecule has 0 saturated heterocycles. The number of hydrogen-bond acceptors (Lipinski definition) is 1. The summed E-state index contributed by atoms with van der Waals surface area (Å²) < 4.78 is 0. The number of rotatable bonds is 6. The number of unbranched alkanes of at least 4 members (excludes halogenated alkanes) is 1. The van der Waals surface area contributed by atoms with Gasteiger partial charge in [0.1, 0.15) is 0 Å². The Bertz CT molecular complexity index is 213. The average molecular weight is 227 g/mol. The van der Waals surface area contributed by atoms with E-state index in [1.54, 1.807) is 6.92 Å². The van der Waals surface area contributed by atoms with Gasteiger partial charge in [-0.05, 0) is 30.1 Å². The van der Waals surface area contributed by atoms with Gasteiger partial charge in [0, 0.05) is 13.5 Å². The topological polar surface area (TPSA) is 29.1 Å². The highest BCUT2D eigenvalue weighted by molar-refractivity contribution is 5.72. The van der Waals surface area contributed by atoms with Gasteiger partial charge in [-0.2, -0.15) is 0 Å². The summed E-state index contributed by atoms with van der Waals surface area (Å²) in [6.07, 6.45) is 4.78. The van der Waals surface area contributed by atoms with Crippen molar-refractivity contribution in [3.05, 3.63) is 0 Å². The maximum atomic E-state index is 10.7. The van der Waals surface area contributed by atoms with Crippen LogP contribution in [0.5, 0.6) is 0 Å². The fraction of sp³-hybridized carbons (Fsp3) is 0.929. The van der Waals surface area contributed by atoms with Crippen LogP contribution in [0.1, 0.15) is 67.2 Å². The molecule has 0 aliphatic heterocycles. The van der Waals surface area contributed by atoms with E-state index in [1.165, 1.54) is 19.3 Å². The molecule has 96 valence electrons. The van der Waals surface area contributed by atoms with E-state index in [2.05, 4.69) is 39.9 Å². The Balaban J connectivity index is 3.70. The number of carbonyl (C=O) groups excluding carboxylic acids is 1. The molecule has 0 aliphatic rings. The zero-order valence-corrected chi connectivity index (χ0v) is 11.9. The van der Waals surface area contributed by atoms with E-state index in [9.17, 15) is 4.79 Å². The number of amides is 1. The fourth-order valence-electron chi connectivity index (χ4n) is 2.52. The van der Waals surface area contributed by atoms with E-state index in [1.807, 2.05) is 0 Å². The largest absolute Gasteiger partial charge is 0.356 e. The summed E-state index contributed by atoms with van der Waals surface area (Å²) in [5.41, 5.74) is 0.815. The highest BCUT2D eigenvalue weighted by Crippen LogP contribution is 2.36. The van der Waals surface area contributed by atoms with Gasteiger partial charge in [0.05, 0.1) is 0 Å². The van der Waals surface area contributed by atoms with Crippen LogP contribution in [-0.4, -0.2) is 12.5 Å². The molecule has 0 aromatic rings. The molecule has 0 saturated carbocycles. The molecule has 2 nitrogen and oxygen atoms in total. The molecule has 0 bridgehead atoms. The minimum absolute atomic E-state index is 0.0777. The Labute approximate surface area is 101 Å². The molecule has 1 N–H and O–H groups in total. The maximum Gasteiger partial charge on any atom is 0.216 e. The van der Waals surface area contributed by atoms with Crippen LogP contribution in [0.4, 0.5) is 0 Å². The first-order valence-electron chi connectivity index (χ1n) is 6.37. The predicted molar refractivity (Wildman–Crippen MR) is 70.4 cm³/mol. The van der Waals surface area contributed by atoms with Crippen LogP contribution in [-0.2, 0) is 4.79 Å². The quantitative estimate of drug-likeness (QED) is 0.688. The molecule has 0 aromatic heterocycles. The molecule has 0 aromatic carbocycles. The van der Waals surface area contributed by atoms with Crippen LogP contribution in [0.3, 0.4) is 0 Å². The molecular weight excluding hydrogens is 198 g/mol. The summed E-state index contributed by atoms with van der Waals surface area (Å²) in [6.45, 7) is 14.0. The summed E-state index contributed by atoms with van der Waals surface area (Å²) in [7, 11) is 0. The van der Waals surface area contributed by atoms with E-state index in [0.29, 0.717) is 10.8 Å². The van der Waals surface area contributed by atoms with Gasteiger partial charge in [-0.25, -0.2) is 0 Å². The van der Waals surface area contributed by atoms with Crippen LogP contribution in [0, 0.1) is 10.8 Å². The summed E-state index contributed by atoms with van der Waals surface area (Å²) in [5.74, 6) is 0.0777. The summed E-state index contributed by atoms with van der Waals surface area (Å²) in [5, 5.41) is 2.84. The number of hydrogen-bond donors (Lipinski definition) is 1. The maximum absolute atomic E-state index is 10.7. The van der Waals surface area contributed by atoms with Crippen molar-refractivity contribution >= 4 is 5.91 Å². The molecule has 16 heavy (non-hydrogen) atoms. The minimum Gasteiger partial charge on any atom is -0.356 e. The van der Waals surface area contributed by atoms with E-state index in [0.717, 1.165) is 13.0 Å². The highest BCUT2D eigenvalue weighted by atomic mass is 16.1. The summed E-state index contributed by atoms with van der Waals surface area (Å²) >= 11 is 0. The third-order valence-electron chi connectivity index (χ3n) is 2.66. The van der Waals surface area contributed by atoms with Crippen molar-refractivity contribution in [3.63, 3.8) is 0 Å². The van der Waals surface area contributed by atoms with Gasteiger partial charge in [-0.3, -0.25) is 4.79 Å². The molecule has 0 aliphatic carbocycles. The molecule has 0 fully saturated rings. The Morgan fingerprint density at radius 2 is 1.62 bits per heavy atom. The van der Waals surface area contributed by atoms with E-state index in [4.69, 9.17) is 0 Å². The van der Waals surface area contributed by atoms with E-state index in [-0.39, 0.29) is 5.91 Å². The lowest BCUT2D eigenvalue weighted by Crippen LogP contribution is -2.23. The van der Waals surface area contributed by atoms with Crippen LogP contribution in [0.15, 0.2) is 0 Å². The Morgan fingerprint density at radius 1 is 1.06 bits per heavy atom. The van der Waals surface area contributed by atoms with Crippen molar-refractivity contribution < 1.29 is 4.79 Å². The van der Waals surface area contributed by atoms with Crippen molar-refractivity contribution in [1.29, 1.82) is 0 Å². The van der Waals surface area contributed by atoms with Crippen LogP contribution >= 0.6 is 0 Å². The smallest absolute Gasteiger partial charge is 0.216 e. The lowest BCUT2D eigenvalue weighted by molar-refractivity contribution is -0.118. The Hall–Kier alpha value is -0.530. The van der Waals surface area contributed by atoms with Crippen molar-refractivity contribution in [3.8, 4) is 0 Å². The zero-order valence-electron chi connectivity index (χ0n) is 11.9. The number of carbonyl (C=O) groups is 1. The van der Waals surface area contributed by atoms with Crippen LogP contribution in [0.25, 0.3) is 0 Å². The Morgan fingerprint density at radius 3 is 2.06 bits per heavy atom. The average Bonchev–Trinajstić information content (AvgIpc) is 1.97. The summed E-state index contributed by atoms with van der Waals surface area (Å²) in [4.78, 5) is 10.7. The molecular formula is C14H29NO. The zero-order chi connectivity index (χ0) is 12.8. The van der Waals surface area contributed by atoms with E-state index < -0.39 is 0 Å². The monoisotopic (exact) mass is 227 g/mol. The minimum atomic E-state index is 0.0777. The normalized spacial score (nSPS) is 12.6. The summed E-state index contributed by atoms with van der Waals surface area (Å²) in [6, 6.07) is 0. The first-order valence-corrected chi connectivity index (χ1v) is 6.37. The SMILES string of the molecule is CC(=O)NCCCCC(C)(C)CC(C)(C)C. The second-order valence-corrected chi connectivity index (χ2v) is 6.84. The van der Waals surface area contributed by atoms with E-state index >= 15 is 0 Å².